The molecule has 0 aliphatic heterocycles. The average molecular weight is 298 g/mol. The summed E-state index contributed by atoms with van der Waals surface area (Å²) in [6.07, 6.45) is 11.4. The number of benzene rings is 1. The van der Waals surface area contributed by atoms with Gasteiger partial charge in [-0.1, -0.05) is 44.1 Å². The number of hydrogen-bond donors (Lipinski definition) is 0. The van der Waals surface area contributed by atoms with Gasteiger partial charge in [0.05, 0.1) is 6.61 Å². The molecule has 1 aromatic rings. The summed E-state index contributed by atoms with van der Waals surface area (Å²) in [5, 5.41) is 0. The number of hydrogen-bond acceptors (Lipinski definition) is 2. The Morgan fingerprint density at radius 1 is 1.18 bits per heavy atom. The lowest BCUT2D eigenvalue weighted by atomic mass is 9.85. The van der Waals surface area contributed by atoms with E-state index in [2.05, 4.69) is 19.1 Å². The molecule has 0 fully saturated rings. The van der Waals surface area contributed by atoms with Crippen LogP contribution in [0.2, 0.25) is 0 Å². The molecule has 1 aliphatic rings. The highest BCUT2D eigenvalue weighted by atomic mass is 16.5. The van der Waals surface area contributed by atoms with Gasteiger partial charge in [0.25, 0.3) is 0 Å². The lowest BCUT2D eigenvalue weighted by Gasteiger charge is -2.19. The number of ether oxygens (including phenoxy) is 1. The monoisotopic (exact) mass is 298 g/mol. The maximum Gasteiger partial charge on any atom is 0.159 e. The number of unbranched alkanes of at least 4 members (excludes halogenated alkanes) is 1. The summed E-state index contributed by atoms with van der Waals surface area (Å²) >= 11 is 0. The van der Waals surface area contributed by atoms with Gasteiger partial charge < -0.3 is 4.74 Å². The molecule has 2 nitrogen and oxygen atoms in total. The third-order valence-corrected chi connectivity index (χ3v) is 4.10. The standard InChI is InChI=1S/C20H26O2/c1-3-5-6-18-12-9-17(15-20(18)21)8-7-16-10-13-19(14-11-16)22-4-2/h7-8,10-11,13-15,18H,3-6,9,12H2,1-2H3/b8-7+. The Morgan fingerprint density at radius 3 is 2.59 bits per heavy atom. The normalized spacial score (nSPS) is 18.5. The van der Waals surface area contributed by atoms with Gasteiger partial charge in [-0.15, -0.1) is 0 Å². The molecular formula is C20H26O2. The topological polar surface area (TPSA) is 26.3 Å². The van der Waals surface area contributed by atoms with Gasteiger partial charge >= 0.3 is 0 Å². The van der Waals surface area contributed by atoms with Crippen molar-refractivity contribution in [2.75, 3.05) is 6.61 Å². The van der Waals surface area contributed by atoms with Crippen LogP contribution in [0.3, 0.4) is 0 Å². The molecule has 0 spiro atoms. The van der Waals surface area contributed by atoms with E-state index in [1.165, 1.54) is 0 Å². The summed E-state index contributed by atoms with van der Waals surface area (Å²) in [7, 11) is 0. The van der Waals surface area contributed by atoms with Crippen molar-refractivity contribution in [1.82, 2.24) is 0 Å². The van der Waals surface area contributed by atoms with E-state index in [4.69, 9.17) is 4.74 Å². The maximum atomic E-state index is 12.1. The van der Waals surface area contributed by atoms with Gasteiger partial charge in [0.1, 0.15) is 5.75 Å². The van der Waals surface area contributed by atoms with Crippen LogP contribution in [0.15, 0.2) is 42.0 Å². The molecule has 0 saturated carbocycles. The molecule has 2 rings (SSSR count). The van der Waals surface area contributed by atoms with Crippen LogP contribution in [0.5, 0.6) is 5.75 Å². The molecule has 0 heterocycles. The van der Waals surface area contributed by atoms with Gasteiger partial charge in [-0.25, -0.2) is 0 Å². The Labute approximate surface area is 133 Å². The second-order valence-electron chi connectivity index (χ2n) is 5.83. The molecule has 1 atom stereocenters. The highest BCUT2D eigenvalue weighted by molar-refractivity contribution is 5.93. The van der Waals surface area contributed by atoms with E-state index in [0.29, 0.717) is 12.4 Å². The minimum Gasteiger partial charge on any atom is -0.494 e. The number of carbonyl (C=O) groups excluding carboxylic acids is 1. The SMILES string of the molecule is CCCCC1CCC(/C=C/c2ccc(OCC)cc2)=CC1=O. The molecule has 0 radical (unpaired) electrons. The van der Waals surface area contributed by atoms with Crippen LogP contribution >= 0.6 is 0 Å². The first kappa shape index (κ1) is 16.5. The van der Waals surface area contributed by atoms with E-state index >= 15 is 0 Å². The third-order valence-electron chi connectivity index (χ3n) is 4.10. The average Bonchev–Trinajstić information content (AvgIpc) is 2.54. The van der Waals surface area contributed by atoms with E-state index in [9.17, 15) is 4.79 Å². The minimum atomic E-state index is 0.252. The summed E-state index contributed by atoms with van der Waals surface area (Å²) in [5.74, 6) is 1.46. The second-order valence-corrected chi connectivity index (χ2v) is 5.83. The van der Waals surface area contributed by atoms with Crippen molar-refractivity contribution in [2.45, 2.75) is 46.0 Å². The Bertz CT molecular complexity index is 537. The number of allylic oxidation sites excluding steroid dienone is 3. The molecule has 1 aliphatic carbocycles. The van der Waals surface area contributed by atoms with Gasteiger partial charge in [-0.05, 0) is 55.5 Å². The predicted molar refractivity (Wildman–Crippen MR) is 92.0 cm³/mol. The van der Waals surface area contributed by atoms with Gasteiger partial charge in [0.2, 0.25) is 0 Å². The molecule has 0 amide bonds. The van der Waals surface area contributed by atoms with Gasteiger partial charge in [0.15, 0.2) is 5.78 Å². The molecule has 1 unspecified atom stereocenters. The van der Waals surface area contributed by atoms with Crippen molar-refractivity contribution in [1.29, 1.82) is 0 Å². The van der Waals surface area contributed by atoms with Crippen molar-refractivity contribution in [2.24, 2.45) is 5.92 Å². The zero-order valence-corrected chi connectivity index (χ0v) is 13.7. The van der Waals surface area contributed by atoms with Crippen LogP contribution in [0.4, 0.5) is 0 Å². The molecule has 2 heteroatoms. The van der Waals surface area contributed by atoms with E-state index in [1.807, 2.05) is 37.3 Å². The van der Waals surface area contributed by atoms with Crippen LogP contribution in [0.25, 0.3) is 6.08 Å². The maximum absolute atomic E-state index is 12.1. The van der Waals surface area contributed by atoms with Crippen molar-refractivity contribution < 1.29 is 9.53 Å². The predicted octanol–water partition coefficient (Wildman–Crippen LogP) is 5.19. The Balaban J connectivity index is 1.94. The summed E-state index contributed by atoms with van der Waals surface area (Å²) in [4.78, 5) is 12.1. The fraction of sp³-hybridized carbons (Fsp3) is 0.450. The third kappa shape index (κ3) is 4.87. The van der Waals surface area contributed by atoms with Gasteiger partial charge in [-0.2, -0.15) is 0 Å². The van der Waals surface area contributed by atoms with Crippen molar-refractivity contribution in [3.05, 3.63) is 47.6 Å². The van der Waals surface area contributed by atoms with Crippen molar-refractivity contribution in [3.8, 4) is 5.75 Å². The Morgan fingerprint density at radius 2 is 1.95 bits per heavy atom. The fourth-order valence-electron chi connectivity index (χ4n) is 2.77. The molecule has 0 N–H and O–H groups in total. The molecule has 118 valence electrons. The zero-order chi connectivity index (χ0) is 15.8. The number of carbonyl (C=O) groups is 1. The fourth-order valence-corrected chi connectivity index (χ4v) is 2.77. The lowest BCUT2D eigenvalue weighted by molar-refractivity contribution is -0.119. The first-order valence-corrected chi connectivity index (χ1v) is 8.38. The number of rotatable bonds is 7. The summed E-state index contributed by atoms with van der Waals surface area (Å²) in [6, 6.07) is 8.03. The van der Waals surface area contributed by atoms with Crippen LogP contribution in [-0.2, 0) is 4.79 Å². The molecule has 1 aromatic carbocycles. The van der Waals surface area contributed by atoms with E-state index in [0.717, 1.165) is 49.0 Å². The van der Waals surface area contributed by atoms with Crippen molar-refractivity contribution in [3.63, 3.8) is 0 Å². The first-order chi connectivity index (χ1) is 10.7. The van der Waals surface area contributed by atoms with Crippen LogP contribution in [0.1, 0.15) is 51.5 Å². The van der Waals surface area contributed by atoms with E-state index in [-0.39, 0.29) is 5.92 Å². The quantitative estimate of drug-likeness (QED) is 0.692. The molecule has 22 heavy (non-hydrogen) atoms. The highest BCUT2D eigenvalue weighted by Gasteiger charge is 2.20. The van der Waals surface area contributed by atoms with Crippen molar-refractivity contribution >= 4 is 11.9 Å². The smallest absolute Gasteiger partial charge is 0.159 e. The van der Waals surface area contributed by atoms with Crippen LogP contribution < -0.4 is 4.74 Å². The van der Waals surface area contributed by atoms with E-state index in [1.54, 1.807) is 0 Å². The van der Waals surface area contributed by atoms with Gasteiger partial charge in [0, 0.05) is 5.92 Å². The minimum absolute atomic E-state index is 0.252. The largest absolute Gasteiger partial charge is 0.494 e. The van der Waals surface area contributed by atoms with Crippen LogP contribution in [-0.4, -0.2) is 12.4 Å². The zero-order valence-electron chi connectivity index (χ0n) is 13.7. The lowest BCUT2D eigenvalue weighted by Crippen LogP contribution is -2.16. The molecular weight excluding hydrogens is 272 g/mol. The molecule has 0 aromatic heterocycles. The molecule has 0 saturated heterocycles. The Kier molecular flexibility index (Phi) is 6.45. The molecule has 0 bridgehead atoms. The summed E-state index contributed by atoms with van der Waals surface area (Å²) < 4.78 is 5.43. The first-order valence-electron chi connectivity index (χ1n) is 8.38. The highest BCUT2D eigenvalue weighted by Crippen LogP contribution is 2.26. The van der Waals surface area contributed by atoms with Crippen LogP contribution in [0, 0.1) is 5.92 Å². The van der Waals surface area contributed by atoms with Gasteiger partial charge in [-0.3, -0.25) is 4.79 Å². The number of ketones is 1. The summed E-state index contributed by atoms with van der Waals surface area (Å²) in [6.45, 7) is 4.84. The van der Waals surface area contributed by atoms with E-state index < -0.39 is 0 Å². The summed E-state index contributed by atoms with van der Waals surface area (Å²) in [5.41, 5.74) is 2.27. The second kappa shape index (κ2) is 8.57. The Hall–Kier alpha value is -1.83.